The summed E-state index contributed by atoms with van der Waals surface area (Å²) in [7, 11) is 0. The Kier molecular flexibility index (Phi) is 14.7. The zero-order chi connectivity index (χ0) is 15.2. The molecule has 0 spiro atoms. The number of nitrogens with zero attached hydrogens (tertiary/aromatic N) is 2. The Labute approximate surface area is 164 Å². The van der Waals surface area contributed by atoms with Crippen LogP contribution in [0.3, 0.4) is 0 Å². The fourth-order valence-corrected chi connectivity index (χ4v) is 3.04. The zero-order valence-electron chi connectivity index (χ0n) is 14.8. The van der Waals surface area contributed by atoms with Crippen LogP contribution in [0.5, 0.6) is 0 Å². The maximum atomic E-state index is 12.2. The van der Waals surface area contributed by atoms with Gasteiger partial charge in [-0.3, -0.25) is 9.69 Å². The lowest BCUT2D eigenvalue weighted by molar-refractivity contribution is -0.129. The standard InChI is InChI=1S/C15H30N4O2.3ClH/c1-4-18-6-8-19(9-7-18)12(2)11-17-15(20)14-13(3)21-10-5-16-14;;;/h12-14,16H,4-11H2,1-3H3,(H,17,20);3*1H/t12?,13-,14+;;;/m1.../s1. The molecule has 146 valence electrons. The van der Waals surface area contributed by atoms with E-state index in [1.54, 1.807) is 0 Å². The van der Waals surface area contributed by atoms with Crippen molar-refractivity contribution in [2.24, 2.45) is 0 Å². The Morgan fingerprint density at radius 1 is 1.25 bits per heavy atom. The molecule has 0 saturated carbocycles. The van der Waals surface area contributed by atoms with Crippen molar-refractivity contribution in [1.29, 1.82) is 0 Å². The van der Waals surface area contributed by atoms with E-state index in [0.29, 0.717) is 19.2 Å². The third-order valence-corrected chi connectivity index (χ3v) is 4.65. The van der Waals surface area contributed by atoms with Gasteiger partial charge in [0.15, 0.2) is 0 Å². The predicted octanol–water partition coefficient (Wildman–Crippen LogP) is 0.771. The molecule has 1 unspecified atom stereocenters. The van der Waals surface area contributed by atoms with Gasteiger partial charge in [0.1, 0.15) is 6.04 Å². The number of nitrogens with one attached hydrogen (secondary N) is 2. The minimum Gasteiger partial charge on any atom is -0.375 e. The number of hydrogen-bond acceptors (Lipinski definition) is 5. The van der Waals surface area contributed by atoms with Crippen LogP contribution in [0.4, 0.5) is 0 Å². The predicted molar refractivity (Wildman–Crippen MR) is 105 cm³/mol. The van der Waals surface area contributed by atoms with Crippen LogP contribution >= 0.6 is 37.2 Å². The number of carbonyl (C=O) groups excluding carboxylic acids is 1. The highest BCUT2D eigenvalue weighted by atomic mass is 35.5. The number of likely N-dealkylation sites (N-methyl/N-ethyl adjacent to an activating group) is 1. The highest BCUT2D eigenvalue weighted by Gasteiger charge is 2.29. The van der Waals surface area contributed by atoms with Crippen LogP contribution in [0.15, 0.2) is 0 Å². The minimum atomic E-state index is -0.220. The van der Waals surface area contributed by atoms with E-state index < -0.39 is 0 Å². The van der Waals surface area contributed by atoms with E-state index in [-0.39, 0.29) is 55.3 Å². The molecule has 2 N–H and O–H groups in total. The quantitative estimate of drug-likeness (QED) is 0.705. The molecule has 2 heterocycles. The molecule has 3 atom stereocenters. The van der Waals surface area contributed by atoms with E-state index in [2.05, 4.69) is 34.3 Å². The van der Waals surface area contributed by atoms with Gasteiger partial charge in [-0.15, -0.1) is 37.2 Å². The van der Waals surface area contributed by atoms with E-state index in [9.17, 15) is 4.79 Å². The Balaban J connectivity index is 0. The van der Waals surface area contributed by atoms with Crippen molar-refractivity contribution in [3.63, 3.8) is 0 Å². The molecule has 0 bridgehead atoms. The summed E-state index contributed by atoms with van der Waals surface area (Å²) in [6, 6.07) is 0.163. The van der Waals surface area contributed by atoms with Gasteiger partial charge in [0, 0.05) is 45.3 Å². The summed E-state index contributed by atoms with van der Waals surface area (Å²) in [5, 5.41) is 6.30. The normalized spacial score (nSPS) is 26.3. The lowest BCUT2D eigenvalue weighted by Gasteiger charge is -2.38. The first-order valence-electron chi connectivity index (χ1n) is 8.21. The average Bonchev–Trinajstić information content (AvgIpc) is 2.52. The topological polar surface area (TPSA) is 56.8 Å². The number of ether oxygens (including phenoxy) is 1. The number of morpholine rings is 1. The second kappa shape index (κ2) is 13.4. The fraction of sp³-hybridized carbons (Fsp3) is 0.933. The van der Waals surface area contributed by atoms with Crippen LogP contribution in [0.1, 0.15) is 20.8 Å². The Morgan fingerprint density at radius 2 is 1.88 bits per heavy atom. The molecule has 0 radical (unpaired) electrons. The van der Waals surface area contributed by atoms with Crippen molar-refractivity contribution < 1.29 is 9.53 Å². The first-order valence-corrected chi connectivity index (χ1v) is 8.21. The number of rotatable bonds is 5. The van der Waals surface area contributed by atoms with Crippen molar-refractivity contribution in [3.8, 4) is 0 Å². The second-order valence-electron chi connectivity index (χ2n) is 6.07. The number of carbonyl (C=O) groups is 1. The van der Waals surface area contributed by atoms with Gasteiger partial charge in [0.05, 0.1) is 12.7 Å². The molecule has 0 aromatic rings. The van der Waals surface area contributed by atoms with Crippen LogP contribution in [0, 0.1) is 0 Å². The Bertz CT molecular complexity index is 345. The summed E-state index contributed by atoms with van der Waals surface area (Å²) in [5.74, 6) is 0.0567. The smallest absolute Gasteiger partial charge is 0.239 e. The molecular weight excluding hydrogens is 375 g/mol. The molecular formula is C15H33Cl3N4O2. The Hall–Kier alpha value is 0.180. The number of halogens is 3. The van der Waals surface area contributed by atoms with Crippen LogP contribution in [0.2, 0.25) is 0 Å². The molecule has 1 amide bonds. The van der Waals surface area contributed by atoms with Gasteiger partial charge in [-0.2, -0.15) is 0 Å². The lowest BCUT2D eigenvalue weighted by Crippen LogP contribution is -2.57. The van der Waals surface area contributed by atoms with Gasteiger partial charge in [0.2, 0.25) is 5.91 Å². The van der Waals surface area contributed by atoms with Crippen molar-refractivity contribution in [2.75, 3.05) is 52.4 Å². The lowest BCUT2D eigenvalue weighted by atomic mass is 10.1. The molecule has 6 nitrogen and oxygen atoms in total. The monoisotopic (exact) mass is 406 g/mol. The van der Waals surface area contributed by atoms with Gasteiger partial charge in [-0.1, -0.05) is 6.92 Å². The van der Waals surface area contributed by atoms with Gasteiger partial charge in [-0.05, 0) is 20.4 Å². The summed E-state index contributed by atoms with van der Waals surface area (Å²) in [6.07, 6.45) is -0.0536. The summed E-state index contributed by atoms with van der Waals surface area (Å²) in [4.78, 5) is 17.1. The molecule has 9 heteroatoms. The minimum absolute atomic E-state index is 0. The number of piperazine rings is 1. The first kappa shape index (κ1) is 26.4. The highest BCUT2D eigenvalue weighted by Crippen LogP contribution is 2.07. The summed E-state index contributed by atoms with van der Waals surface area (Å²) < 4.78 is 5.52. The molecule has 2 rings (SSSR count). The molecule has 2 fully saturated rings. The average molecular weight is 408 g/mol. The van der Waals surface area contributed by atoms with Crippen LogP contribution in [-0.2, 0) is 9.53 Å². The summed E-state index contributed by atoms with van der Waals surface area (Å²) in [5.41, 5.74) is 0. The van der Waals surface area contributed by atoms with Gasteiger partial charge < -0.3 is 20.3 Å². The second-order valence-corrected chi connectivity index (χ2v) is 6.07. The molecule has 0 aromatic carbocycles. The highest BCUT2D eigenvalue weighted by molar-refractivity contribution is 5.86. The molecule has 2 saturated heterocycles. The van der Waals surface area contributed by atoms with Crippen molar-refractivity contribution in [2.45, 2.75) is 39.0 Å². The van der Waals surface area contributed by atoms with E-state index in [1.165, 1.54) is 0 Å². The largest absolute Gasteiger partial charge is 0.375 e. The van der Waals surface area contributed by atoms with Crippen LogP contribution in [0.25, 0.3) is 0 Å². The third kappa shape index (κ3) is 7.60. The van der Waals surface area contributed by atoms with E-state index in [4.69, 9.17) is 4.74 Å². The zero-order valence-corrected chi connectivity index (χ0v) is 17.3. The molecule has 0 aromatic heterocycles. The number of hydrogen-bond donors (Lipinski definition) is 2. The first-order chi connectivity index (χ1) is 10.1. The van der Waals surface area contributed by atoms with Gasteiger partial charge in [0.25, 0.3) is 0 Å². The SMILES string of the molecule is CCN1CCN(C(C)CNC(=O)[C@H]2NCCO[C@@H]2C)CC1.Cl.Cl.Cl. The van der Waals surface area contributed by atoms with E-state index in [0.717, 1.165) is 39.3 Å². The fourth-order valence-electron chi connectivity index (χ4n) is 3.04. The van der Waals surface area contributed by atoms with Crippen molar-refractivity contribution >= 4 is 43.1 Å². The molecule has 0 aliphatic carbocycles. The van der Waals surface area contributed by atoms with E-state index in [1.807, 2.05) is 6.92 Å². The third-order valence-electron chi connectivity index (χ3n) is 4.65. The molecule has 2 aliphatic rings. The maximum Gasteiger partial charge on any atom is 0.239 e. The molecule has 24 heavy (non-hydrogen) atoms. The summed E-state index contributed by atoms with van der Waals surface area (Å²) in [6.45, 7) is 14.0. The van der Waals surface area contributed by atoms with Crippen molar-refractivity contribution in [1.82, 2.24) is 20.4 Å². The Morgan fingerprint density at radius 3 is 2.42 bits per heavy atom. The van der Waals surface area contributed by atoms with Crippen LogP contribution in [-0.4, -0.2) is 86.3 Å². The maximum absolute atomic E-state index is 12.2. The van der Waals surface area contributed by atoms with Crippen molar-refractivity contribution in [3.05, 3.63) is 0 Å². The van der Waals surface area contributed by atoms with Crippen LogP contribution < -0.4 is 10.6 Å². The van der Waals surface area contributed by atoms with Gasteiger partial charge in [-0.25, -0.2) is 0 Å². The number of amides is 1. The van der Waals surface area contributed by atoms with Gasteiger partial charge >= 0.3 is 0 Å². The molecule has 2 aliphatic heterocycles. The summed E-state index contributed by atoms with van der Waals surface area (Å²) >= 11 is 0. The van der Waals surface area contributed by atoms with E-state index >= 15 is 0 Å².